The maximum absolute atomic E-state index is 11.4. The van der Waals surface area contributed by atoms with Gasteiger partial charge in [0.2, 0.25) is 5.91 Å². The highest BCUT2D eigenvalue weighted by atomic mass is 16.1. The van der Waals surface area contributed by atoms with Gasteiger partial charge in [-0.1, -0.05) is 13.8 Å². The molecule has 3 nitrogen and oxygen atoms in total. The molecule has 0 aliphatic heterocycles. The van der Waals surface area contributed by atoms with Crippen LogP contribution in [0.25, 0.3) is 0 Å². The van der Waals surface area contributed by atoms with Crippen molar-refractivity contribution in [2.24, 2.45) is 5.92 Å². The highest BCUT2D eigenvalue weighted by Crippen LogP contribution is 2.07. The number of aryl methyl sites for hydroxylation is 1. The number of hydrogen-bond acceptors (Lipinski definition) is 2. The van der Waals surface area contributed by atoms with E-state index in [-0.39, 0.29) is 5.91 Å². The molecule has 0 spiro atoms. The quantitative estimate of drug-likeness (QED) is 0.798. The van der Waals surface area contributed by atoms with Crippen molar-refractivity contribution in [1.29, 1.82) is 0 Å². The molecule has 0 unspecified atom stereocenters. The third kappa shape index (κ3) is 3.56. The lowest BCUT2D eigenvalue weighted by Crippen LogP contribution is -2.13. The Morgan fingerprint density at radius 1 is 1.50 bits per heavy atom. The average Bonchev–Trinajstić information content (AvgIpc) is 2.07. The van der Waals surface area contributed by atoms with Crippen molar-refractivity contribution in [3.8, 4) is 0 Å². The number of amides is 1. The maximum Gasteiger partial charge on any atom is 0.224 e. The lowest BCUT2D eigenvalue weighted by atomic mass is 10.1. The van der Waals surface area contributed by atoms with Gasteiger partial charge < -0.3 is 5.32 Å². The van der Waals surface area contributed by atoms with Crippen LogP contribution in [0.15, 0.2) is 18.3 Å². The van der Waals surface area contributed by atoms with Crippen LogP contribution in [0.3, 0.4) is 0 Å². The Kier molecular flexibility index (Phi) is 3.63. The third-order valence-electron chi connectivity index (χ3n) is 1.79. The summed E-state index contributed by atoms with van der Waals surface area (Å²) >= 11 is 0. The number of anilines is 1. The highest BCUT2D eigenvalue weighted by molar-refractivity contribution is 5.90. The standard InChI is InChI=1S/C11H16N2O/c1-8(2)6-11(14)13-10-5-4-9(3)12-7-10/h4-5,7-8H,6H2,1-3H3,(H,13,14). The number of aromatic nitrogens is 1. The Balaban J connectivity index is 2.52. The normalized spacial score (nSPS) is 10.3. The molecule has 0 aliphatic carbocycles. The molecule has 3 heteroatoms. The Morgan fingerprint density at radius 2 is 2.21 bits per heavy atom. The van der Waals surface area contributed by atoms with Gasteiger partial charge in [-0.05, 0) is 25.0 Å². The molecule has 1 heterocycles. The number of nitrogens with zero attached hydrogens (tertiary/aromatic N) is 1. The number of pyridine rings is 1. The van der Waals surface area contributed by atoms with Crippen molar-refractivity contribution < 1.29 is 4.79 Å². The fraction of sp³-hybridized carbons (Fsp3) is 0.455. The number of carbonyl (C=O) groups excluding carboxylic acids is 1. The summed E-state index contributed by atoms with van der Waals surface area (Å²) in [5.41, 5.74) is 1.72. The molecule has 0 saturated carbocycles. The van der Waals surface area contributed by atoms with Crippen molar-refractivity contribution in [1.82, 2.24) is 4.98 Å². The van der Waals surface area contributed by atoms with Crippen LogP contribution >= 0.6 is 0 Å². The van der Waals surface area contributed by atoms with Gasteiger partial charge in [-0.15, -0.1) is 0 Å². The second-order valence-corrected chi connectivity index (χ2v) is 3.83. The monoisotopic (exact) mass is 192 g/mol. The summed E-state index contributed by atoms with van der Waals surface area (Å²) in [7, 11) is 0. The number of nitrogens with one attached hydrogen (secondary N) is 1. The minimum Gasteiger partial charge on any atom is -0.325 e. The largest absolute Gasteiger partial charge is 0.325 e. The summed E-state index contributed by atoms with van der Waals surface area (Å²) in [5, 5.41) is 2.80. The van der Waals surface area contributed by atoms with Crippen LogP contribution in [0.5, 0.6) is 0 Å². The van der Waals surface area contributed by atoms with Gasteiger partial charge in [0.05, 0.1) is 11.9 Å². The topological polar surface area (TPSA) is 42.0 Å². The molecule has 0 bridgehead atoms. The Hall–Kier alpha value is -1.38. The van der Waals surface area contributed by atoms with Crippen molar-refractivity contribution in [3.63, 3.8) is 0 Å². The summed E-state index contributed by atoms with van der Waals surface area (Å²) in [4.78, 5) is 15.5. The van der Waals surface area contributed by atoms with E-state index in [1.807, 2.05) is 32.9 Å². The summed E-state index contributed by atoms with van der Waals surface area (Å²) in [6.07, 6.45) is 2.22. The van der Waals surface area contributed by atoms with Crippen LogP contribution in [0.4, 0.5) is 5.69 Å². The minimum atomic E-state index is 0.0469. The van der Waals surface area contributed by atoms with Gasteiger partial charge in [-0.25, -0.2) is 0 Å². The first kappa shape index (κ1) is 10.7. The highest BCUT2D eigenvalue weighted by Gasteiger charge is 2.04. The zero-order valence-corrected chi connectivity index (χ0v) is 8.87. The second-order valence-electron chi connectivity index (χ2n) is 3.83. The molecular formula is C11H16N2O. The molecule has 1 amide bonds. The molecule has 76 valence electrons. The lowest BCUT2D eigenvalue weighted by molar-refractivity contribution is -0.116. The zero-order chi connectivity index (χ0) is 10.6. The van der Waals surface area contributed by atoms with Crippen molar-refractivity contribution in [2.45, 2.75) is 27.2 Å². The van der Waals surface area contributed by atoms with Gasteiger partial charge in [0, 0.05) is 12.1 Å². The van der Waals surface area contributed by atoms with Crippen molar-refractivity contribution in [3.05, 3.63) is 24.0 Å². The van der Waals surface area contributed by atoms with Crippen LogP contribution in [0, 0.1) is 12.8 Å². The first-order valence-corrected chi connectivity index (χ1v) is 4.80. The SMILES string of the molecule is Cc1ccc(NC(=O)CC(C)C)cn1. The maximum atomic E-state index is 11.4. The van der Waals surface area contributed by atoms with E-state index in [1.165, 1.54) is 0 Å². The zero-order valence-electron chi connectivity index (χ0n) is 8.87. The molecule has 14 heavy (non-hydrogen) atoms. The van der Waals surface area contributed by atoms with Gasteiger partial charge >= 0.3 is 0 Å². The summed E-state index contributed by atoms with van der Waals surface area (Å²) < 4.78 is 0. The van der Waals surface area contributed by atoms with E-state index in [0.29, 0.717) is 12.3 Å². The smallest absolute Gasteiger partial charge is 0.224 e. The van der Waals surface area contributed by atoms with E-state index in [1.54, 1.807) is 6.20 Å². The Labute approximate surface area is 84.6 Å². The van der Waals surface area contributed by atoms with E-state index in [0.717, 1.165) is 11.4 Å². The minimum absolute atomic E-state index is 0.0469. The number of carbonyl (C=O) groups is 1. The number of rotatable bonds is 3. The fourth-order valence-electron chi connectivity index (χ4n) is 1.12. The van der Waals surface area contributed by atoms with E-state index < -0.39 is 0 Å². The van der Waals surface area contributed by atoms with Crippen LogP contribution in [0.1, 0.15) is 26.0 Å². The molecule has 0 saturated heterocycles. The first-order valence-electron chi connectivity index (χ1n) is 4.80. The lowest BCUT2D eigenvalue weighted by Gasteiger charge is -2.06. The van der Waals surface area contributed by atoms with Gasteiger partial charge in [0.1, 0.15) is 0 Å². The first-order chi connectivity index (χ1) is 6.58. The van der Waals surface area contributed by atoms with Gasteiger partial charge in [0.15, 0.2) is 0 Å². The van der Waals surface area contributed by atoms with E-state index >= 15 is 0 Å². The van der Waals surface area contributed by atoms with E-state index in [9.17, 15) is 4.79 Å². The Morgan fingerprint density at radius 3 is 2.71 bits per heavy atom. The molecule has 1 rings (SSSR count). The molecule has 1 N–H and O–H groups in total. The van der Waals surface area contributed by atoms with Gasteiger partial charge in [-0.2, -0.15) is 0 Å². The summed E-state index contributed by atoms with van der Waals surface area (Å²) in [6, 6.07) is 3.74. The predicted molar refractivity (Wildman–Crippen MR) is 57.1 cm³/mol. The Bertz CT molecular complexity index is 304. The van der Waals surface area contributed by atoms with Crippen LogP contribution in [0.2, 0.25) is 0 Å². The number of hydrogen-bond donors (Lipinski definition) is 1. The second kappa shape index (κ2) is 4.74. The van der Waals surface area contributed by atoms with Gasteiger partial charge in [0.25, 0.3) is 0 Å². The van der Waals surface area contributed by atoms with Crippen LogP contribution in [-0.4, -0.2) is 10.9 Å². The third-order valence-corrected chi connectivity index (χ3v) is 1.79. The molecule has 0 fully saturated rings. The molecule has 0 radical (unpaired) electrons. The fourth-order valence-corrected chi connectivity index (χ4v) is 1.12. The predicted octanol–water partition coefficient (Wildman–Crippen LogP) is 2.37. The molecular weight excluding hydrogens is 176 g/mol. The molecule has 0 aliphatic rings. The van der Waals surface area contributed by atoms with Crippen molar-refractivity contribution in [2.75, 3.05) is 5.32 Å². The average molecular weight is 192 g/mol. The van der Waals surface area contributed by atoms with E-state index in [4.69, 9.17) is 0 Å². The molecule has 1 aromatic rings. The van der Waals surface area contributed by atoms with Crippen molar-refractivity contribution >= 4 is 11.6 Å². The van der Waals surface area contributed by atoms with Gasteiger partial charge in [-0.3, -0.25) is 9.78 Å². The molecule has 0 atom stereocenters. The summed E-state index contributed by atoms with van der Waals surface area (Å²) in [5.74, 6) is 0.430. The molecule has 0 aromatic carbocycles. The molecule has 1 aromatic heterocycles. The van der Waals surface area contributed by atoms with E-state index in [2.05, 4.69) is 10.3 Å². The van der Waals surface area contributed by atoms with Crippen LogP contribution < -0.4 is 5.32 Å². The summed E-state index contributed by atoms with van der Waals surface area (Å²) in [6.45, 7) is 5.96. The van der Waals surface area contributed by atoms with Crippen LogP contribution in [-0.2, 0) is 4.79 Å².